The SMILES string of the molecule is OC(Cc1ccncc1)C1CCOCC1. The van der Waals surface area contributed by atoms with E-state index < -0.39 is 0 Å². The van der Waals surface area contributed by atoms with E-state index in [1.54, 1.807) is 12.4 Å². The third-order valence-electron chi connectivity index (χ3n) is 3.00. The number of aliphatic hydroxyl groups excluding tert-OH is 1. The van der Waals surface area contributed by atoms with Gasteiger partial charge in [0.05, 0.1) is 6.10 Å². The molecular weight excluding hydrogens is 190 g/mol. The number of rotatable bonds is 3. The number of aromatic nitrogens is 1. The van der Waals surface area contributed by atoms with E-state index in [1.807, 2.05) is 12.1 Å². The average molecular weight is 207 g/mol. The van der Waals surface area contributed by atoms with Gasteiger partial charge in [-0.05, 0) is 42.9 Å². The van der Waals surface area contributed by atoms with Crippen LogP contribution in [-0.4, -0.2) is 29.4 Å². The molecule has 1 saturated heterocycles. The summed E-state index contributed by atoms with van der Waals surface area (Å²) in [6.07, 6.45) is 5.99. The molecule has 1 unspecified atom stereocenters. The third-order valence-corrected chi connectivity index (χ3v) is 3.00. The Labute approximate surface area is 90.1 Å². The summed E-state index contributed by atoms with van der Waals surface area (Å²) in [5.41, 5.74) is 1.16. The van der Waals surface area contributed by atoms with Crippen LogP contribution in [-0.2, 0) is 11.2 Å². The van der Waals surface area contributed by atoms with Crippen molar-refractivity contribution >= 4 is 0 Å². The Morgan fingerprint density at radius 2 is 2.00 bits per heavy atom. The summed E-state index contributed by atoms with van der Waals surface area (Å²) in [4.78, 5) is 3.96. The molecule has 0 spiro atoms. The highest BCUT2D eigenvalue weighted by Gasteiger charge is 2.21. The van der Waals surface area contributed by atoms with Gasteiger partial charge in [-0.15, -0.1) is 0 Å². The lowest BCUT2D eigenvalue weighted by atomic mass is 9.90. The first kappa shape index (κ1) is 10.6. The van der Waals surface area contributed by atoms with Gasteiger partial charge in [-0.1, -0.05) is 0 Å². The molecule has 2 heterocycles. The summed E-state index contributed by atoms with van der Waals surface area (Å²) < 4.78 is 5.28. The fraction of sp³-hybridized carbons (Fsp3) is 0.583. The average Bonchev–Trinajstić information content (AvgIpc) is 2.31. The summed E-state index contributed by atoms with van der Waals surface area (Å²) in [5.74, 6) is 0.395. The lowest BCUT2D eigenvalue weighted by Gasteiger charge is -2.26. The minimum atomic E-state index is -0.240. The molecule has 3 nitrogen and oxygen atoms in total. The minimum absolute atomic E-state index is 0.240. The summed E-state index contributed by atoms with van der Waals surface area (Å²) in [6.45, 7) is 1.58. The zero-order valence-electron chi connectivity index (χ0n) is 8.80. The molecular formula is C12H17NO2. The quantitative estimate of drug-likeness (QED) is 0.815. The first-order chi connectivity index (χ1) is 7.36. The highest BCUT2D eigenvalue weighted by molar-refractivity contribution is 5.11. The van der Waals surface area contributed by atoms with Gasteiger partial charge in [-0.2, -0.15) is 0 Å². The number of ether oxygens (including phenoxy) is 1. The van der Waals surface area contributed by atoms with Crippen LogP contribution in [0.15, 0.2) is 24.5 Å². The maximum atomic E-state index is 10.1. The van der Waals surface area contributed by atoms with Crippen molar-refractivity contribution in [2.75, 3.05) is 13.2 Å². The van der Waals surface area contributed by atoms with E-state index in [4.69, 9.17) is 4.74 Å². The maximum absolute atomic E-state index is 10.1. The summed E-state index contributed by atoms with van der Waals surface area (Å²) in [5, 5.41) is 10.1. The standard InChI is InChI=1S/C12H17NO2/c14-12(11-3-7-15-8-4-11)9-10-1-5-13-6-2-10/h1-2,5-6,11-12,14H,3-4,7-9H2. The molecule has 0 bridgehead atoms. The predicted molar refractivity (Wildman–Crippen MR) is 57.5 cm³/mol. The van der Waals surface area contributed by atoms with Crippen LogP contribution in [0.4, 0.5) is 0 Å². The van der Waals surface area contributed by atoms with Crippen molar-refractivity contribution in [3.8, 4) is 0 Å². The molecule has 0 aromatic carbocycles. The van der Waals surface area contributed by atoms with E-state index in [-0.39, 0.29) is 6.10 Å². The summed E-state index contributed by atoms with van der Waals surface area (Å²) in [7, 11) is 0. The molecule has 1 aromatic rings. The first-order valence-electron chi connectivity index (χ1n) is 5.51. The van der Waals surface area contributed by atoms with E-state index >= 15 is 0 Å². The van der Waals surface area contributed by atoms with Crippen LogP contribution in [0.5, 0.6) is 0 Å². The van der Waals surface area contributed by atoms with Crippen molar-refractivity contribution in [3.63, 3.8) is 0 Å². The predicted octanol–water partition coefficient (Wildman–Crippen LogP) is 1.41. The first-order valence-corrected chi connectivity index (χ1v) is 5.51. The van der Waals surface area contributed by atoms with Crippen LogP contribution in [0.1, 0.15) is 18.4 Å². The Bertz CT molecular complexity index is 283. The molecule has 1 atom stereocenters. The molecule has 2 rings (SSSR count). The van der Waals surface area contributed by atoms with Crippen LogP contribution in [0.25, 0.3) is 0 Å². The molecule has 1 N–H and O–H groups in total. The van der Waals surface area contributed by atoms with Crippen LogP contribution in [0, 0.1) is 5.92 Å². The second-order valence-corrected chi connectivity index (χ2v) is 4.08. The second kappa shape index (κ2) is 5.24. The van der Waals surface area contributed by atoms with E-state index in [9.17, 15) is 5.11 Å². The highest BCUT2D eigenvalue weighted by atomic mass is 16.5. The molecule has 0 radical (unpaired) electrons. The van der Waals surface area contributed by atoms with Gasteiger partial charge in [0.25, 0.3) is 0 Å². The monoisotopic (exact) mass is 207 g/mol. The molecule has 82 valence electrons. The molecule has 1 aliphatic heterocycles. The number of pyridine rings is 1. The van der Waals surface area contributed by atoms with E-state index in [0.29, 0.717) is 5.92 Å². The number of aliphatic hydroxyl groups is 1. The van der Waals surface area contributed by atoms with Crippen LogP contribution >= 0.6 is 0 Å². The zero-order valence-corrected chi connectivity index (χ0v) is 8.80. The molecule has 3 heteroatoms. The Hall–Kier alpha value is -0.930. The molecule has 15 heavy (non-hydrogen) atoms. The van der Waals surface area contributed by atoms with Gasteiger partial charge in [-0.3, -0.25) is 4.98 Å². The maximum Gasteiger partial charge on any atom is 0.0610 e. The van der Waals surface area contributed by atoms with Gasteiger partial charge in [0.2, 0.25) is 0 Å². The van der Waals surface area contributed by atoms with E-state index in [1.165, 1.54) is 0 Å². The Kier molecular flexibility index (Phi) is 3.69. The van der Waals surface area contributed by atoms with Crippen LogP contribution in [0.3, 0.4) is 0 Å². The molecule has 1 aromatic heterocycles. The largest absolute Gasteiger partial charge is 0.392 e. The van der Waals surface area contributed by atoms with Gasteiger partial charge >= 0.3 is 0 Å². The molecule has 0 saturated carbocycles. The van der Waals surface area contributed by atoms with Crippen molar-refractivity contribution in [1.82, 2.24) is 4.98 Å². The molecule has 1 fully saturated rings. The fourth-order valence-electron chi connectivity index (χ4n) is 2.03. The van der Waals surface area contributed by atoms with Crippen molar-refractivity contribution in [2.45, 2.75) is 25.4 Å². The summed E-state index contributed by atoms with van der Waals surface area (Å²) >= 11 is 0. The smallest absolute Gasteiger partial charge is 0.0610 e. The Morgan fingerprint density at radius 1 is 1.33 bits per heavy atom. The van der Waals surface area contributed by atoms with Gasteiger partial charge in [0, 0.05) is 25.6 Å². The highest BCUT2D eigenvalue weighted by Crippen LogP contribution is 2.21. The molecule has 0 aliphatic carbocycles. The van der Waals surface area contributed by atoms with Gasteiger partial charge < -0.3 is 9.84 Å². The normalized spacial score (nSPS) is 20.1. The number of hydrogen-bond acceptors (Lipinski definition) is 3. The van der Waals surface area contributed by atoms with Crippen molar-refractivity contribution in [1.29, 1.82) is 0 Å². The fourth-order valence-corrected chi connectivity index (χ4v) is 2.03. The number of hydrogen-bond donors (Lipinski definition) is 1. The van der Waals surface area contributed by atoms with E-state index in [2.05, 4.69) is 4.98 Å². The van der Waals surface area contributed by atoms with Crippen molar-refractivity contribution < 1.29 is 9.84 Å². The Morgan fingerprint density at radius 3 is 2.67 bits per heavy atom. The van der Waals surface area contributed by atoms with Gasteiger partial charge in [0.15, 0.2) is 0 Å². The molecule has 1 aliphatic rings. The summed E-state index contributed by atoms with van der Waals surface area (Å²) in [6, 6.07) is 3.92. The van der Waals surface area contributed by atoms with Crippen molar-refractivity contribution in [2.24, 2.45) is 5.92 Å². The van der Waals surface area contributed by atoms with E-state index in [0.717, 1.165) is 38.0 Å². The lowest BCUT2D eigenvalue weighted by molar-refractivity contribution is 0.00839. The van der Waals surface area contributed by atoms with Crippen LogP contribution in [0.2, 0.25) is 0 Å². The van der Waals surface area contributed by atoms with Gasteiger partial charge in [-0.25, -0.2) is 0 Å². The molecule has 0 amide bonds. The lowest BCUT2D eigenvalue weighted by Crippen LogP contribution is -2.28. The minimum Gasteiger partial charge on any atom is -0.392 e. The van der Waals surface area contributed by atoms with Crippen molar-refractivity contribution in [3.05, 3.63) is 30.1 Å². The van der Waals surface area contributed by atoms with Crippen LogP contribution < -0.4 is 0 Å². The van der Waals surface area contributed by atoms with Gasteiger partial charge in [0.1, 0.15) is 0 Å². The Balaban J connectivity index is 1.88. The topological polar surface area (TPSA) is 42.4 Å². The number of nitrogens with zero attached hydrogens (tertiary/aromatic N) is 1. The second-order valence-electron chi connectivity index (χ2n) is 4.08. The zero-order chi connectivity index (χ0) is 10.5. The third kappa shape index (κ3) is 3.01.